The van der Waals surface area contributed by atoms with Crippen LogP contribution in [0, 0.1) is 25.2 Å². The molecule has 0 unspecified atom stereocenters. The number of benzene rings is 1. The van der Waals surface area contributed by atoms with Gasteiger partial charge in [0.25, 0.3) is 11.8 Å². The first-order valence-corrected chi connectivity index (χ1v) is 13.8. The van der Waals surface area contributed by atoms with Gasteiger partial charge in [0, 0.05) is 60.7 Å². The van der Waals surface area contributed by atoms with Crippen molar-refractivity contribution in [1.82, 2.24) is 25.1 Å². The van der Waals surface area contributed by atoms with E-state index in [1.54, 1.807) is 33.9 Å². The number of nitrogens with one attached hydrogen (secondary N) is 2. The molecule has 5 aliphatic rings. The molecule has 0 atom stereocenters. The predicted molar refractivity (Wildman–Crippen MR) is 144 cm³/mol. The Hall–Kier alpha value is -4.34. The number of fused-ring (bicyclic) bond motifs is 2. The summed E-state index contributed by atoms with van der Waals surface area (Å²) in [6.07, 6.45) is 7.08. The lowest BCUT2D eigenvalue weighted by atomic mass is 9.50. The van der Waals surface area contributed by atoms with Gasteiger partial charge in [0.2, 0.25) is 5.91 Å². The zero-order valence-electron chi connectivity index (χ0n) is 22.4. The van der Waals surface area contributed by atoms with Crippen LogP contribution in [0.5, 0.6) is 11.5 Å². The summed E-state index contributed by atoms with van der Waals surface area (Å²) in [5.41, 5.74) is 3.06. The van der Waals surface area contributed by atoms with E-state index < -0.39 is 0 Å². The van der Waals surface area contributed by atoms with Gasteiger partial charge in [-0.3, -0.25) is 14.4 Å². The Morgan fingerprint density at radius 2 is 1.98 bits per heavy atom. The Morgan fingerprint density at radius 3 is 2.67 bits per heavy atom. The Morgan fingerprint density at radius 1 is 1.18 bits per heavy atom. The normalized spacial score (nSPS) is 24.0. The molecule has 5 heterocycles. The second kappa shape index (κ2) is 7.87. The number of furan rings is 1. The van der Waals surface area contributed by atoms with E-state index >= 15 is 0 Å². The molecule has 1 aromatic carbocycles. The lowest BCUT2D eigenvalue weighted by molar-refractivity contribution is -0.120. The van der Waals surface area contributed by atoms with Crippen LogP contribution in [0.1, 0.15) is 57.7 Å². The Kier molecular flexibility index (Phi) is 4.63. The molecule has 2 N–H and O–H groups in total. The second-order valence-electron chi connectivity index (χ2n) is 12.3. The molecule has 0 radical (unpaired) electrons. The van der Waals surface area contributed by atoms with Gasteiger partial charge in [-0.1, -0.05) is 0 Å². The number of hydrogen-bond acceptors (Lipinski definition) is 6. The number of aromatic nitrogens is 2. The fourth-order valence-corrected chi connectivity index (χ4v) is 7.18. The lowest BCUT2D eigenvalue weighted by Crippen LogP contribution is -2.68. The van der Waals surface area contributed by atoms with Crippen LogP contribution in [0.3, 0.4) is 0 Å². The van der Waals surface area contributed by atoms with Crippen LogP contribution in [-0.2, 0) is 4.79 Å². The van der Waals surface area contributed by atoms with Crippen LogP contribution in [-0.4, -0.2) is 57.4 Å². The van der Waals surface area contributed by atoms with Crippen molar-refractivity contribution in [3.05, 3.63) is 59.1 Å². The first-order valence-electron chi connectivity index (χ1n) is 13.8. The molecule has 10 heteroatoms. The highest BCUT2D eigenvalue weighted by Gasteiger charge is 2.57. The number of carbonyl (C=O) groups is 3. The fraction of sp³-hybridized carbons (Fsp3) is 0.400. The zero-order chi connectivity index (χ0) is 27.4. The van der Waals surface area contributed by atoms with E-state index in [1.807, 2.05) is 26.0 Å². The van der Waals surface area contributed by atoms with Crippen molar-refractivity contribution in [1.29, 1.82) is 0 Å². The molecule has 10 nitrogen and oxygen atoms in total. The molecule has 204 valence electrons. The minimum Gasteiger partial charge on any atom is -0.460 e. The third kappa shape index (κ3) is 3.34. The fourth-order valence-electron chi connectivity index (χ4n) is 7.18. The standard InChI is InChI=1S/C30H29N5O5/c1-16-21(28(38)34-14-29(15-34)11-24(36)31-13-29)12-35-26(16)22(5-6-32-35)40-19-3-4-20-23(7-19)39-17(2)25(20)27(37)33-30-8-18(9-30)10-30/h3-7,12,18H,8-11,13-15H2,1-2H3,(H,31,36)(H,33,37). The van der Waals surface area contributed by atoms with Gasteiger partial charge in [-0.15, -0.1) is 0 Å². The first kappa shape index (κ1) is 23.5. The van der Waals surface area contributed by atoms with E-state index in [4.69, 9.17) is 9.15 Å². The molecule has 5 fully saturated rings. The Balaban J connectivity index is 1.05. The molecular formula is C30H29N5O5. The summed E-state index contributed by atoms with van der Waals surface area (Å²) >= 11 is 0. The van der Waals surface area contributed by atoms with Crippen LogP contribution >= 0.6 is 0 Å². The lowest BCUT2D eigenvalue weighted by Gasteiger charge is -2.61. The number of likely N-dealkylation sites (tertiary alicyclic amines) is 1. The molecule has 2 aliphatic heterocycles. The maximum atomic E-state index is 13.4. The van der Waals surface area contributed by atoms with Gasteiger partial charge in [0.05, 0.1) is 17.3 Å². The summed E-state index contributed by atoms with van der Waals surface area (Å²) in [4.78, 5) is 39.9. The van der Waals surface area contributed by atoms with Gasteiger partial charge < -0.3 is 24.7 Å². The molecule has 4 aromatic rings. The molecular weight excluding hydrogens is 510 g/mol. The highest BCUT2D eigenvalue weighted by Crippen LogP contribution is 2.57. The van der Waals surface area contributed by atoms with Gasteiger partial charge in [-0.2, -0.15) is 5.10 Å². The van der Waals surface area contributed by atoms with Crippen LogP contribution in [0.25, 0.3) is 16.5 Å². The van der Waals surface area contributed by atoms with E-state index in [9.17, 15) is 14.4 Å². The van der Waals surface area contributed by atoms with E-state index in [0.29, 0.717) is 65.5 Å². The average Bonchev–Trinajstić information content (AvgIpc) is 3.52. The smallest absolute Gasteiger partial charge is 0.255 e. The SMILES string of the molecule is Cc1oc2cc(Oc3ccnn4cc(C(=O)N5CC6(CNC(=O)C6)C5)c(C)c34)ccc2c1C(=O)NC12CC(C1)C2. The second-order valence-corrected chi connectivity index (χ2v) is 12.3. The van der Waals surface area contributed by atoms with Crippen molar-refractivity contribution >= 4 is 34.2 Å². The molecule has 2 bridgehead atoms. The van der Waals surface area contributed by atoms with E-state index in [1.165, 1.54) is 0 Å². The van der Waals surface area contributed by atoms with Crippen LogP contribution in [0.15, 0.2) is 41.1 Å². The highest BCUT2D eigenvalue weighted by molar-refractivity contribution is 6.08. The van der Waals surface area contributed by atoms with Crippen molar-refractivity contribution in [2.45, 2.75) is 45.1 Å². The minimum absolute atomic E-state index is 0.00726. The molecule has 3 aliphatic carbocycles. The van der Waals surface area contributed by atoms with Crippen LogP contribution in [0.2, 0.25) is 0 Å². The quantitative estimate of drug-likeness (QED) is 0.399. The number of carbonyl (C=O) groups excluding carboxylic acids is 3. The van der Waals surface area contributed by atoms with Crippen LogP contribution in [0.4, 0.5) is 0 Å². The number of aryl methyl sites for hydroxylation is 2. The Bertz CT molecular complexity index is 1760. The first-order chi connectivity index (χ1) is 19.2. The largest absolute Gasteiger partial charge is 0.460 e. The molecule has 3 aromatic heterocycles. The van der Waals surface area contributed by atoms with E-state index in [0.717, 1.165) is 36.1 Å². The molecule has 40 heavy (non-hydrogen) atoms. The summed E-state index contributed by atoms with van der Waals surface area (Å²) < 4.78 is 13.9. The minimum atomic E-state index is -0.132. The number of ether oxygens (including phenoxy) is 1. The number of rotatable bonds is 5. The summed E-state index contributed by atoms with van der Waals surface area (Å²) in [5, 5.41) is 11.3. The third-order valence-electron chi connectivity index (χ3n) is 9.37. The monoisotopic (exact) mass is 539 g/mol. The van der Waals surface area contributed by atoms with Crippen LogP contribution < -0.4 is 15.4 Å². The molecule has 2 saturated heterocycles. The topological polar surface area (TPSA) is 118 Å². The van der Waals surface area contributed by atoms with Gasteiger partial charge >= 0.3 is 0 Å². The van der Waals surface area contributed by atoms with E-state index in [-0.39, 0.29) is 28.7 Å². The maximum Gasteiger partial charge on any atom is 0.255 e. The van der Waals surface area contributed by atoms with Gasteiger partial charge in [0.15, 0.2) is 5.75 Å². The highest BCUT2D eigenvalue weighted by atomic mass is 16.5. The summed E-state index contributed by atoms with van der Waals surface area (Å²) in [5.74, 6) is 2.37. The zero-order valence-corrected chi connectivity index (χ0v) is 22.4. The molecule has 9 rings (SSSR count). The number of amides is 3. The van der Waals surface area contributed by atoms with Crippen molar-refractivity contribution in [2.75, 3.05) is 19.6 Å². The number of hydrogen-bond donors (Lipinski definition) is 2. The molecule has 3 saturated carbocycles. The average molecular weight is 540 g/mol. The van der Waals surface area contributed by atoms with Crippen molar-refractivity contribution < 1.29 is 23.5 Å². The summed E-state index contributed by atoms with van der Waals surface area (Å²) in [7, 11) is 0. The summed E-state index contributed by atoms with van der Waals surface area (Å²) in [6.45, 7) is 5.46. The summed E-state index contributed by atoms with van der Waals surface area (Å²) in [6, 6.07) is 7.24. The number of nitrogens with zero attached hydrogens (tertiary/aromatic N) is 3. The van der Waals surface area contributed by atoms with E-state index in [2.05, 4.69) is 15.7 Å². The van der Waals surface area contributed by atoms with Crippen molar-refractivity contribution in [3.63, 3.8) is 0 Å². The molecule has 1 spiro atoms. The predicted octanol–water partition coefficient (Wildman–Crippen LogP) is 3.73. The van der Waals surface area contributed by atoms with Gasteiger partial charge in [-0.25, -0.2) is 4.52 Å². The van der Waals surface area contributed by atoms with Crippen molar-refractivity contribution in [3.8, 4) is 11.5 Å². The van der Waals surface area contributed by atoms with Gasteiger partial charge in [-0.05, 0) is 56.7 Å². The van der Waals surface area contributed by atoms with Gasteiger partial charge in [0.1, 0.15) is 22.6 Å². The Labute approximate surface area is 229 Å². The third-order valence-corrected chi connectivity index (χ3v) is 9.37. The van der Waals surface area contributed by atoms with Crippen molar-refractivity contribution in [2.24, 2.45) is 11.3 Å². The maximum absolute atomic E-state index is 13.4. The molecule has 3 amide bonds.